The quantitative estimate of drug-likeness (QED) is 0.676. The first-order valence-corrected chi connectivity index (χ1v) is 11.2. The van der Waals surface area contributed by atoms with Crippen molar-refractivity contribution < 1.29 is 18.4 Å². The lowest BCUT2D eigenvalue weighted by Crippen LogP contribution is -2.51. The minimum atomic E-state index is -3.90. The largest absolute Gasteiger partial charge is 0.384 e. The Labute approximate surface area is 179 Å². The summed E-state index contributed by atoms with van der Waals surface area (Å²) in [6.45, 7) is 0.303. The van der Waals surface area contributed by atoms with E-state index in [2.05, 4.69) is 15.0 Å². The molecule has 5 rings (SSSR count). The molecule has 3 N–H and O–H groups in total. The molecule has 3 heterocycles. The number of benzene rings is 2. The highest BCUT2D eigenvalue weighted by molar-refractivity contribution is 7.90. The van der Waals surface area contributed by atoms with Gasteiger partial charge in [0.1, 0.15) is 17.2 Å². The first-order valence-electron chi connectivity index (χ1n) is 9.72. The molecule has 9 heteroatoms. The van der Waals surface area contributed by atoms with Crippen LogP contribution in [0.3, 0.4) is 0 Å². The molecule has 3 aliphatic rings. The average Bonchev–Trinajstić information content (AvgIpc) is 2.79. The summed E-state index contributed by atoms with van der Waals surface area (Å²) in [7, 11) is -3.90. The van der Waals surface area contributed by atoms with Crippen LogP contribution in [-0.4, -0.2) is 36.7 Å². The number of dihydropyridines is 1. The third kappa shape index (κ3) is 3.63. The van der Waals surface area contributed by atoms with Gasteiger partial charge in [-0.25, -0.2) is 5.06 Å². The Balaban J connectivity index is 1.52. The summed E-state index contributed by atoms with van der Waals surface area (Å²) < 4.78 is 29.3. The molecular weight excluding hydrogens is 416 g/mol. The van der Waals surface area contributed by atoms with Crippen LogP contribution < -0.4 is 10.6 Å². The maximum Gasteiger partial charge on any atom is 0.286 e. The van der Waals surface area contributed by atoms with Crippen LogP contribution in [-0.2, 0) is 21.5 Å². The topological polar surface area (TPSA) is 103 Å². The molecule has 0 bridgehead atoms. The number of nitrogens with zero attached hydrogens (tertiary/aromatic N) is 2. The lowest BCUT2D eigenvalue weighted by atomic mass is 9.94. The fourth-order valence-electron chi connectivity index (χ4n) is 3.68. The summed E-state index contributed by atoms with van der Waals surface area (Å²) in [4.78, 5) is 6.10. The van der Waals surface area contributed by atoms with Gasteiger partial charge in [-0.15, -0.1) is 4.40 Å². The lowest BCUT2D eigenvalue weighted by Gasteiger charge is -2.40. The third-order valence-corrected chi connectivity index (χ3v) is 6.55. The number of fused-ring (bicyclic) bond motifs is 2. The molecule has 0 spiro atoms. The van der Waals surface area contributed by atoms with Crippen molar-refractivity contribution in [3.8, 4) is 0 Å². The normalized spacial score (nSPS) is 23.4. The van der Waals surface area contributed by atoms with Crippen LogP contribution in [0.2, 0.25) is 0 Å². The maximum absolute atomic E-state index is 12.7. The standard InChI is InChI=1S/C22H20N4O4S/c27-20-16-9-6-12-23-22(16)26(30-14-15-7-2-1-3-8-15)13-17(20)21-24-18-10-4-5-11-19(18)31(28,29)25-21/h1-13,20,22-23,27H,14H2,(H,24,25). The van der Waals surface area contributed by atoms with Gasteiger partial charge < -0.3 is 15.7 Å². The molecule has 31 heavy (non-hydrogen) atoms. The summed E-state index contributed by atoms with van der Waals surface area (Å²) in [5.74, 6) is 0.0633. The molecule has 158 valence electrons. The zero-order chi connectivity index (χ0) is 21.4. The van der Waals surface area contributed by atoms with Crippen molar-refractivity contribution in [1.29, 1.82) is 0 Å². The molecule has 2 unspecified atom stereocenters. The number of hydroxylamine groups is 2. The first kappa shape index (κ1) is 19.6. The van der Waals surface area contributed by atoms with E-state index >= 15 is 0 Å². The molecule has 0 fully saturated rings. The molecule has 0 amide bonds. The number of aliphatic hydroxyl groups is 1. The van der Waals surface area contributed by atoms with Crippen molar-refractivity contribution in [3.05, 3.63) is 95.9 Å². The highest BCUT2D eigenvalue weighted by Crippen LogP contribution is 2.33. The van der Waals surface area contributed by atoms with E-state index in [9.17, 15) is 13.5 Å². The number of nitrogens with one attached hydrogen (secondary N) is 2. The molecule has 0 saturated heterocycles. The second-order valence-electron chi connectivity index (χ2n) is 7.24. The highest BCUT2D eigenvalue weighted by Gasteiger charge is 2.38. The van der Waals surface area contributed by atoms with Crippen molar-refractivity contribution in [3.63, 3.8) is 0 Å². The zero-order valence-electron chi connectivity index (χ0n) is 16.3. The van der Waals surface area contributed by atoms with Crippen molar-refractivity contribution in [2.45, 2.75) is 23.8 Å². The molecule has 2 atom stereocenters. The molecule has 0 aromatic heterocycles. The van der Waals surface area contributed by atoms with Gasteiger partial charge >= 0.3 is 0 Å². The minimum Gasteiger partial charge on any atom is -0.384 e. The van der Waals surface area contributed by atoms with Crippen LogP contribution in [0.1, 0.15) is 5.56 Å². The van der Waals surface area contributed by atoms with Gasteiger partial charge in [-0.1, -0.05) is 48.5 Å². The molecule has 0 saturated carbocycles. The predicted octanol–water partition coefficient (Wildman–Crippen LogP) is 2.26. The predicted molar refractivity (Wildman–Crippen MR) is 116 cm³/mol. The van der Waals surface area contributed by atoms with Gasteiger partial charge in [0.15, 0.2) is 5.84 Å². The van der Waals surface area contributed by atoms with Crippen molar-refractivity contribution >= 4 is 21.5 Å². The fraction of sp³-hybridized carbons (Fsp3) is 0.136. The Kier molecular flexibility index (Phi) is 4.85. The van der Waals surface area contributed by atoms with Gasteiger partial charge in [-0.3, -0.25) is 4.84 Å². The number of aliphatic hydroxyl groups excluding tert-OH is 1. The fourth-order valence-corrected chi connectivity index (χ4v) is 4.82. The SMILES string of the molecule is O=S1(=O)N=C(C2=CN(OCc3ccccc3)C3NC=CC=C3C2O)Nc2ccccc21. The number of hydrogen-bond donors (Lipinski definition) is 3. The molecule has 2 aromatic rings. The summed E-state index contributed by atoms with van der Waals surface area (Å²) >= 11 is 0. The Morgan fingerprint density at radius 2 is 1.87 bits per heavy atom. The number of rotatable bonds is 4. The molecule has 2 aromatic carbocycles. The highest BCUT2D eigenvalue weighted by atomic mass is 32.2. The summed E-state index contributed by atoms with van der Waals surface area (Å²) in [5.41, 5.74) is 2.31. The smallest absolute Gasteiger partial charge is 0.286 e. The number of allylic oxidation sites excluding steroid dienone is 2. The van der Waals surface area contributed by atoms with Gasteiger partial charge in [0.2, 0.25) is 0 Å². The number of sulfonamides is 1. The molecule has 0 aliphatic carbocycles. The van der Waals surface area contributed by atoms with Crippen molar-refractivity contribution in [1.82, 2.24) is 10.4 Å². The van der Waals surface area contributed by atoms with Crippen molar-refractivity contribution in [2.75, 3.05) is 5.32 Å². The number of amidine groups is 1. The Morgan fingerprint density at radius 1 is 1.10 bits per heavy atom. The molecule has 3 aliphatic heterocycles. The van der Waals surface area contributed by atoms with Gasteiger partial charge in [0.25, 0.3) is 10.0 Å². The van der Waals surface area contributed by atoms with Gasteiger partial charge in [0, 0.05) is 17.3 Å². The average molecular weight is 436 g/mol. The monoisotopic (exact) mass is 436 g/mol. The van der Waals surface area contributed by atoms with Gasteiger partial charge in [-0.2, -0.15) is 8.42 Å². The molecular formula is C22H20N4O4S. The second kappa shape index (κ2) is 7.69. The van der Waals surface area contributed by atoms with E-state index in [1.54, 1.807) is 47.8 Å². The van der Waals surface area contributed by atoms with E-state index in [1.165, 1.54) is 6.07 Å². The van der Waals surface area contributed by atoms with Crippen LogP contribution in [0.5, 0.6) is 0 Å². The molecule has 8 nitrogen and oxygen atoms in total. The number of anilines is 1. The van der Waals surface area contributed by atoms with E-state index in [1.807, 2.05) is 30.3 Å². The maximum atomic E-state index is 12.7. The van der Waals surface area contributed by atoms with Gasteiger partial charge in [0.05, 0.1) is 12.3 Å². The van der Waals surface area contributed by atoms with Crippen LogP contribution >= 0.6 is 0 Å². The van der Waals surface area contributed by atoms with Crippen LogP contribution in [0, 0.1) is 0 Å². The number of hydrogen-bond acceptors (Lipinski definition) is 7. The van der Waals surface area contributed by atoms with Gasteiger partial charge in [-0.05, 0) is 30.0 Å². The summed E-state index contributed by atoms with van der Waals surface area (Å²) in [5, 5.41) is 18.8. The van der Waals surface area contributed by atoms with Crippen LogP contribution in [0.4, 0.5) is 5.69 Å². The first-order chi connectivity index (χ1) is 15.0. The summed E-state index contributed by atoms with van der Waals surface area (Å²) in [6.07, 6.45) is 5.40. The van der Waals surface area contributed by atoms with E-state index in [-0.39, 0.29) is 10.7 Å². The molecule has 0 radical (unpaired) electrons. The minimum absolute atomic E-state index is 0.0633. The second-order valence-corrected chi connectivity index (χ2v) is 8.81. The Bertz CT molecular complexity index is 1240. The Morgan fingerprint density at radius 3 is 2.71 bits per heavy atom. The zero-order valence-corrected chi connectivity index (χ0v) is 17.2. The lowest BCUT2D eigenvalue weighted by molar-refractivity contribution is -0.162. The van der Waals surface area contributed by atoms with Crippen LogP contribution in [0.15, 0.2) is 99.6 Å². The van der Waals surface area contributed by atoms with E-state index in [0.717, 1.165) is 5.56 Å². The van der Waals surface area contributed by atoms with E-state index in [0.29, 0.717) is 23.4 Å². The number of para-hydroxylation sites is 1. The van der Waals surface area contributed by atoms with E-state index in [4.69, 9.17) is 4.84 Å². The van der Waals surface area contributed by atoms with Crippen LogP contribution in [0.25, 0.3) is 0 Å². The Hall–Kier alpha value is -3.40. The third-order valence-electron chi connectivity index (χ3n) is 5.21. The van der Waals surface area contributed by atoms with Crippen molar-refractivity contribution in [2.24, 2.45) is 4.40 Å². The van der Waals surface area contributed by atoms with E-state index < -0.39 is 22.3 Å². The summed E-state index contributed by atoms with van der Waals surface area (Å²) in [6, 6.07) is 16.2.